The van der Waals surface area contributed by atoms with Crippen molar-refractivity contribution in [1.29, 1.82) is 0 Å². The van der Waals surface area contributed by atoms with Crippen molar-refractivity contribution in [2.75, 3.05) is 54.1 Å². The lowest BCUT2D eigenvalue weighted by Gasteiger charge is -2.24. The van der Waals surface area contributed by atoms with Gasteiger partial charge in [0.1, 0.15) is 19.3 Å². The van der Waals surface area contributed by atoms with Crippen molar-refractivity contribution in [1.82, 2.24) is 0 Å². The summed E-state index contributed by atoms with van der Waals surface area (Å²) in [6.45, 7) is 3.27. The Balaban J connectivity index is 3.62. The van der Waals surface area contributed by atoms with E-state index >= 15 is 0 Å². The summed E-state index contributed by atoms with van der Waals surface area (Å²) >= 11 is 0. The molecule has 0 radical (unpaired) electrons. The van der Waals surface area contributed by atoms with Crippen molar-refractivity contribution in [3.05, 3.63) is 0 Å². The molecular weight excluding hydrogens is 409 g/mol. The molecule has 0 saturated carbocycles. The van der Waals surface area contributed by atoms with E-state index < -0.39 is 13.9 Å². The topological polar surface area (TPSA) is 94.5 Å². The highest BCUT2D eigenvalue weighted by Gasteiger charge is 2.25. The lowest BCUT2D eigenvalue weighted by atomic mass is 10.1. The highest BCUT2D eigenvalue weighted by Crippen LogP contribution is 2.43. The van der Waals surface area contributed by atoms with Crippen LogP contribution in [-0.4, -0.2) is 74.9 Å². The summed E-state index contributed by atoms with van der Waals surface area (Å²) in [7, 11) is 1.69. The van der Waals surface area contributed by atoms with Gasteiger partial charge in [-0.2, -0.15) is 0 Å². The molecule has 0 rings (SSSR count). The standard InChI is InChI=1S/C21H46NO7P/c1-5-6-7-8-9-10-11-12-13-14-15-17-26-19-21(29-23)20-28-30(24,25)27-18-16-22(2,3)4/h21H,5-20H2,1-4H3,(H-,23,24,25)/p+1. The van der Waals surface area contributed by atoms with Gasteiger partial charge in [0.05, 0.1) is 34.4 Å². The van der Waals surface area contributed by atoms with Gasteiger partial charge in [-0.25, -0.2) is 9.45 Å². The van der Waals surface area contributed by atoms with Crippen molar-refractivity contribution in [2.45, 2.75) is 83.7 Å². The molecule has 9 heteroatoms. The van der Waals surface area contributed by atoms with Crippen LogP contribution in [0, 0.1) is 0 Å². The van der Waals surface area contributed by atoms with Crippen molar-refractivity contribution in [3.8, 4) is 0 Å². The van der Waals surface area contributed by atoms with Crippen molar-refractivity contribution in [3.63, 3.8) is 0 Å². The molecule has 0 aliphatic carbocycles. The minimum Gasteiger partial charge on any atom is -0.379 e. The largest absolute Gasteiger partial charge is 0.472 e. The van der Waals surface area contributed by atoms with E-state index in [-0.39, 0.29) is 19.8 Å². The number of phosphoric acid groups is 1. The van der Waals surface area contributed by atoms with Crippen LogP contribution in [-0.2, 0) is 23.2 Å². The molecule has 2 unspecified atom stereocenters. The number of quaternary nitrogens is 1. The van der Waals surface area contributed by atoms with Crippen LogP contribution in [0.1, 0.15) is 77.6 Å². The lowest BCUT2D eigenvalue weighted by molar-refractivity contribution is -0.870. The molecule has 8 nitrogen and oxygen atoms in total. The Morgan fingerprint density at radius 3 is 1.83 bits per heavy atom. The molecule has 0 aromatic carbocycles. The maximum Gasteiger partial charge on any atom is 0.472 e. The third-order valence-corrected chi connectivity index (χ3v) is 5.77. The van der Waals surface area contributed by atoms with Gasteiger partial charge in [-0.1, -0.05) is 71.1 Å². The van der Waals surface area contributed by atoms with Crippen molar-refractivity contribution >= 4 is 7.82 Å². The van der Waals surface area contributed by atoms with Gasteiger partial charge >= 0.3 is 7.82 Å². The molecule has 30 heavy (non-hydrogen) atoms. The summed E-state index contributed by atoms with van der Waals surface area (Å²) in [5.74, 6) is 0. The number of nitrogens with zero attached hydrogens (tertiary/aromatic N) is 1. The minimum absolute atomic E-state index is 0.0904. The Bertz CT molecular complexity index is 432. The minimum atomic E-state index is -4.17. The van der Waals surface area contributed by atoms with Gasteiger partial charge in [-0.3, -0.25) is 14.3 Å². The number of hydrogen-bond acceptors (Lipinski definition) is 6. The van der Waals surface area contributed by atoms with E-state index in [1.54, 1.807) is 0 Å². The van der Waals surface area contributed by atoms with Crippen LogP contribution in [0.4, 0.5) is 0 Å². The number of ether oxygens (including phenoxy) is 1. The molecule has 0 saturated heterocycles. The van der Waals surface area contributed by atoms with Gasteiger partial charge in [-0.05, 0) is 6.42 Å². The molecule has 2 N–H and O–H groups in total. The molecule has 0 amide bonds. The number of hydrogen-bond donors (Lipinski definition) is 2. The van der Waals surface area contributed by atoms with E-state index in [9.17, 15) is 9.46 Å². The Hall–Kier alpha value is -0.0500. The molecule has 0 aliphatic rings. The Kier molecular flexibility index (Phi) is 18.5. The number of likely N-dealkylation sites (N-methyl/N-ethyl adjacent to an activating group) is 1. The zero-order chi connectivity index (χ0) is 22.7. The molecule has 0 fully saturated rings. The predicted molar refractivity (Wildman–Crippen MR) is 119 cm³/mol. The summed E-state index contributed by atoms with van der Waals surface area (Å²) < 4.78 is 27.7. The fourth-order valence-corrected chi connectivity index (χ4v) is 3.58. The fraction of sp³-hybridized carbons (Fsp3) is 1.00. The van der Waals surface area contributed by atoms with Crippen molar-refractivity contribution < 1.29 is 37.9 Å². The van der Waals surface area contributed by atoms with Crippen LogP contribution in [0.5, 0.6) is 0 Å². The third-order valence-electron chi connectivity index (χ3n) is 4.79. The molecule has 0 aromatic rings. The van der Waals surface area contributed by atoms with Crippen molar-refractivity contribution in [2.24, 2.45) is 0 Å². The monoisotopic (exact) mass is 456 g/mol. The van der Waals surface area contributed by atoms with Gasteiger partial charge in [0.25, 0.3) is 0 Å². The second kappa shape index (κ2) is 18.5. The first-order valence-electron chi connectivity index (χ1n) is 11.5. The van der Waals surface area contributed by atoms with E-state index in [0.717, 1.165) is 12.8 Å². The van der Waals surface area contributed by atoms with Crippen LogP contribution in [0.3, 0.4) is 0 Å². The van der Waals surface area contributed by atoms with E-state index in [0.29, 0.717) is 17.6 Å². The predicted octanol–water partition coefficient (Wildman–Crippen LogP) is 5.01. The summed E-state index contributed by atoms with van der Waals surface area (Å²) in [6, 6.07) is 0. The highest BCUT2D eigenvalue weighted by molar-refractivity contribution is 7.47. The maximum absolute atomic E-state index is 11.8. The fourth-order valence-electron chi connectivity index (χ4n) is 2.84. The molecule has 0 aromatic heterocycles. The molecule has 0 bridgehead atoms. The lowest BCUT2D eigenvalue weighted by Crippen LogP contribution is -2.37. The molecule has 0 heterocycles. The zero-order valence-electron chi connectivity index (χ0n) is 19.7. The maximum atomic E-state index is 11.8. The summed E-state index contributed by atoms with van der Waals surface area (Å²) in [5, 5.41) is 8.92. The molecule has 182 valence electrons. The van der Waals surface area contributed by atoms with E-state index in [4.69, 9.17) is 19.0 Å². The summed E-state index contributed by atoms with van der Waals surface area (Å²) in [6.07, 6.45) is 13.1. The zero-order valence-corrected chi connectivity index (χ0v) is 20.6. The van der Waals surface area contributed by atoms with Gasteiger partial charge in [-0.15, -0.1) is 0 Å². The van der Waals surface area contributed by atoms with Gasteiger partial charge < -0.3 is 14.1 Å². The van der Waals surface area contributed by atoms with Crippen LogP contribution >= 0.6 is 7.82 Å². The number of rotatable bonds is 22. The summed E-state index contributed by atoms with van der Waals surface area (Å²) in [5.41, 5.74) is 0. The van der Waals surface area contributed by atoms with Crippen LogP contribution < -0.4 is 0 Å². The Labute approximate surface area is 184 Å². The number of unbranched alkanes of at least 4 members (excludes halogenated alkanes) is 10. The second-order valence-corrected chi connectivity index (χ2v) is 10.4. The first-order chi connectivity index (χ1) is 14.2. The molecular formula is C21H47NO7P+. The normalized spacial score (nSPS) is 15.3. The first-order valence-corrected chi connectivity index (χ1v) is 13.0. The highest BCUT2D eigenvalue weighted by atomic mass is 31.2. The van der Waals surface area contributed by atoms with E-state index in [2.05, 4.69) is 11.8 Å². The number of phosphoric ester groups is 1. The average molecular weight is 457 g/mol. The molecule has 0 aliphatic heterocycles. The second-order valence-electron chi connectivity index (χ2n) is 8.95. The third kappa shape index (κ3) is 21.2. The first kappa shape index (κ1) is 29.9. The van der Waals surface area contributed by atoms with Crippen LogP contribution in [0.2, 0.25) is 0 Å². The van der Waals surface area contributed by atoms with Gasteiger partial charge in [0.15, 0.2) is 0 Å². The average Bonchev–Trinajstić information content (AvgIpc) is 2.66. The quantitative estimate of drug-likeness (QED) is 0.0777. The Morgan fingerprint density at radius 2 is 1.33 bits per heavy atom. The molecule has 0 spiro atoms. The molecule has 2 atom stereocenters. The van der Waals surface area contributed by atoms with Gasteiger partial charge in [0.2, 0.25) is 0 Å². The van der Waals surface area contributed by atoms with E-state index in [1.807, 2.05) is 21.1 Å². The SMILES string of the molecule is CCCCCCCCCCCCCOCC(COP(=O)(O)OCC[N+](C)(C)C)OO. The van der Waals surface area contributed by atoms with Crippen LogP contribution in [0.25, 0.3) is 0 Å². The Morgan fingerprint density at radius 1 is 0.800 bits per heavy atom. The van der Waals surface area contributed by atoms with E-state index in [1.165, 1.54) is 57.8 Å². The van der Waals surface area contributed by atoms with Gasteiger partial charge in [0, 0.05) is 6.61 Å². The smallest absolute Gasteiger partial charge is 0.379 e. The summed E-state index contributed by atoms with van der Waals surface area (Å²) in [4.78, 5) is 13.9. The van der Waals surface area contributed by atoms with Crippen LogP contribution in [0.15, 0.2) is 0 Å².